The van der Waals surface area contributed by atoms with Crippen molar-refractivity contribution in [2.45, 2.75) is 201 Å². The Balaban J connectivity index is 1.42. The van der Waals surface area contributed by atoms with Gasteiger partial charge in [-0.15, -0.1) is 0 Å². The van der Waals surface area contributed by atoms with Gasteiger partial charge in [0.2, 0.25) is 0 Å². The molecule has 0 bridgehead atoms. The van der Waals surface area contributed by atoms with Crippen molar-refractivity contribution >= 4 is 45.9 Å². The number of fused-ring (bicyclic) bond motifs is 7. The molecule has 0 radical (unpaired) electrons. The molecule has 2 aliphatic carbocycles. The maximum Gasteiger partial charge on any atom is 0.252 e. The number of anilines is 4. The summed E-state index contributed by atoms with van der Waals surface area (Å²) in [6, 6.07) is 25.9. The monoisotopic (exact) mass is 789 g/mol. The molecule has 0 aromatic heterocycles. The van der Waals surface area contributed by atoms with Crippen LogP contribution in [-0.4, -0.2) is 19.3 Å². The van der Waals surface area contributed by atoms with Crippen molar-refractivity contribution in [1.29, 1.82) is 0 Å². The molecule has 0 saturated carbocycles. The van der Waals surface area contributed by atoms with Gasteiger partial charge in [-0.3, -0.25) is 0 Å². The van der Waals surface area contributed by atoms with Gasteiger partial charge in [-0.2, -0.15) is 0 Å². The Kier molecular flexibility index (Phi) is 11.3. The average Bonchev–Trinajstić information content (AvgIpc) is 3.20. The summed E-state index contributed by atoms with van der Waals surface area (Å²) in [6.07, 6.45) is 17.9. The second kappa shape index (κ2) is 15.8. The maximum absolute atomic E-state index is 2.90. The van der Waals surface area contributed by atoms with Crippen LogP contribution < -0.4 is 26.2 Å². The molecule has 0 saturated heterocycles. The quantitative estimate of drug-likeness (QED) is 0.0927. The normalized spacial score (nSPS) is 18.9. The third-order valence-electron chi connectivity index (χ3n) is 16.0. The molecule has 0 N–H and O–H groups in total. The second-order valence-electron chi connectivity index (χ2n) is 21.8. The van der Waals surface area contributed by atoms with Crippen molar-refractivity contribution in [3.63, 3.8) is 0 Å². The molecular weight excluding hydrogens is 711 g/mol. The SMILES string of the molecule is CCCCCCC[C@H](CC)N1c2cc3c(cc2B2c4cc5c(cc4N(CCCCCCC)c4cc(C)cc1c42)C(C)(C)CCC5(C)C)C(C)(C)c1ccccc1C3(C)C. The zero-order chi connectivity index (χ0) is 42.1. The molecular formula is C56H77BN2. The molecule has 2 nitrogen and oxygen atoms in total. The number of rotatable bonds is 14. The van der Waals surface area contributed by atoms with Crippen LogP contribution in [-0.2, 0) is 21.7 Å². The van der Waals surface area contributed by atoms with E-state index in [4.69, 9.17) is 0 Å². The topological polar surface area (TPSA) is 6.48 Å². The maximum atomic E-state index is 2.90. The van der Waals surface area contributed by atoms with Crippen LogP contribution in [0.5, 0.6) is 0 Å². The van der Waals surface area contributed by atoms with Crippen molar-refractivity contribution in [3.05, 3.63) is 99.6 Å². The van der Waals surface area contributed by atoms with E-state index in [9.17, 15) is 0 Å². The highest BCUT2D eigenvalue weighted by Crippen LogP contribution is 2.53. The summed E-state index contributed by atoms with van der Waals surface area (Å²) in [4.78, 5) is 5.72. The standard InChI is InChI=1S/C56H77BN2/c1-13-16-18-20-22-26-39(15-3)59-49-37-45-44(55(9,10)40-27-23-24-28-41(40)56(45,11)12)35-47(49)57-46-34-42-43(54(7,8)30-29-53(42,5)6)36-48(46)58(31-25-21-19-17-14-2)50-32-38(4)33-51(59)52(50)57/h23-24,27-28,32-37,39H,13-22,25-26,29-31H2,1-12H3/t39-/m0/s1. The molecule has 0 spiro atoms. The molecule has 2 heterocycles. The van der Waals surface area contributed by atoms with Crippen molar-refractivity contribution in [2.75, 3.05) is 16.3 Å². The number of unbranched alkanes of at least 4 members (excludes halogenated alkanes) is 8. The third-order valence-corrected chi connectivity index (χ3v) is 16.0. The minimum Gasteiger partial charge on any atom is -0.342 e. The zero-order valence-electron chi connectivity index (χ0n) is 39.4. The smallest absolute Gasteiger partial charge is 0.252 e. The molecule has 0 unspecified atom stereocenters. The van der Waals surface area contributed by atoms with Gasteiger partial charge >= 0.3 is 0 Å². The predicted molar refractivity (Wildman–Crippen MR) is 260 cm³/mol. The molecule has 0 amide bonds. The van der Waals surface area contributed by atoms with Gasteiger partial charge in [0.1, 0.15) is 0 Å². The van der Waals surface area contributed by atoms with Crippen molar-refractivity contribution in [2.24, 2.45) is 0 Å². The number of nitrogens with zero attached hydrogens (tertiary/aromatic N) is 2. The molecule has 0 fully saturated rings. The molecule has 1 atom stereocenters. The van der Waals surface area contributed by atoms with Crippen LogP contribution in [0.4, 0.5) is 22.7 Å². The lowest BCUT2D eigenvalue weighted by Crippen LogP contribution is -2.64. The van der Waals surface area contributed by atoms with E-state index >= 15 is 0 Å². The first kappa shape index (κ1) is 42.2. The van der Waals surface area contributed by atoms with Crippen LogP contribution in [0.25, 0.3) is 0 Å². The van der Waals surface area contributed by atoms with E-state index in [0.29, 0.717) is 6.04 Å². The molecule has 3 heteroatoms. The molecule has 4 aromatic rings. The summed E-state index contributed by atoms with van der Waals surface area (Å²) < 4.78 is 0. The Bertz CT molecular complexity index is 2200. The third kappa shape index (κ3) is 7.01. The van der Waals surface area contributed by atoms with Crippen LogP contribution >= 0.6 is 0 Å². The van der Waals surface area contributed by atoms with E-state index in [1.165, 1.54) is 140 Å². The van der Waals surface area contributed by atoms with E-state index in [2.05, 4.69) is 154 Å². The predicted octanol–water partition coefficient (Wildman–Crippen LogP) is 13.8. The Morgan fingerprint density at radius 3 is 1.66 bits per heavy atom. The molecule has 4 aliphatic rings. The summed E-state index contributed by atoms with van der Waals surface area (Å²) in [5.74, 6) is 0. The first-order chi connectivity index (χ1) is 28.1. The Morgan fingerprint density at radius 1 is 0.542 bits per heavy atom. The van der Waals surface area contributed by atoms with Crippen molar-refractivity contribution < 1.29 is 0 Å². The fourth-order valence-electron chi connectivity index (χ4n) is 12.2. The Morgan fingerprint density at radius 2 is 1.05 bits per heavy atom. The lowest BCUT2D eigenvalue weighted by Gasteiger charge is -2.50. The summed E-state index contributed by atoms with van der Waals surface area (Å²) in [5.41, 5.74) is 21.2. The molecule has 314 valence electrons. The molecule has 4 aromatic carbocycles. The average molecular weight is 789 g/mol. The lowest BCUT2D eigenvalue weighted by molar-refractivity contribution is 0.332. The lowest BCUT2D eigenvalue weighted by atomic mass is 9.32. The largest absolute Gasteiger partial charge is 0.342 e. The summed E-state index contributed by atoms with van der Waals surface area (Å²) in [7, 11) is 0. The fraction of sp³-hybridized carbons (Fsp3) is 0.571. The highest BCUT2D eigenvalue weighted by Gasteiger charge is 2.49. The minimum atomic E-state index is -0.106. The van der Waals surface area contributed by atoms with Gasteiger partial charge < -0.3 is 9.80 Å². The zero-order valence-corrected chi connectivity index (χ0v) is 39.4. The second-order valence-corrected chi connectivity index (χ2v) is 21.8. The highest BCUT2D eigenvalue weighted by molar-refractivity contribution is 7.00. The number of hydrogen-bond acceptors (Lipinski definition) is 2. The molecule has 2 aliphatic heterocycles. The Hall–Kier alpha value is -3.46. The summed E-state index contributed by atoms with van der Waals surface area (Å²) >= 11 is 0. The van der Waals surface area contributed by atoms with Crippen LogP contribution in [0.2, 0.25) is 0 Å². The number of aryl methyl sites for hydroxylation is 1. The van der Waals surface area contributed by atoms with Crippen molar-refractivity contribution in [1.82, 2.24) is 0 Å². The Labute approximate surface area is 361 Å². The molecule has 8 rings (SSSR count). The van der Waals surface area contributed by atoms with Gasteiger partial charge in [0.25, 0.3) is 6.71 Å². The highest BCUT2D eigenvalue weighted by atomic mass is 15.2. The van der Waals surface area contributed by atoms with E-state index in [1.54, 1.807) is 22.1 Å². The van der Waals surface area contributed by atoms with Gasteiger partial charge in [-0.25, -0.2) is 0 Å². The van der Waals surface area contributed by atoms with Crippen LogP contribution in [0.15, 0.2) is 60.7 Å². The van der Waals surface area contributed by atoms with E-state index < -0.39 is 0 Å². The minimum absolute atomic E-state index is 0.101. The first-order valence-corrected chi connectivity index (χ1v) is 24.3. The van der Waals surface area contributed by atoms with E-state index in [-0.39, 0.29) is 28.4 Å². The van der Waals surface area contributed by atoms with E-state index in [0.717, 1.165) is 13.0 Å². The van der Waals surface area contributed by atoms with Crippen LogP contribution in [0.1, 0.15) is 205 Å². The first-order valence-electron chi connectivity index (χ1n) is 24.3. The van der Waals surface area contributed by atoms with Gasteiger partial charge in [0, 0.05) is 46.2 Å². The van der Waals surface area contributed by atoms with Gasteiger partial charge in [-0.1, -0.05) is 170 Å². The summed E-state index contributed by atoms with van der Waals surface area (Å²) in [6.45, 7) is 30.8. The summed E-state index contributed by atoms with van der Waals surface area (Å²) in [5, 5.41) is 0. The van der Waals surface area contributed by atoms with Gasteiger partial charge in [0.05, 0.1) is 0 Å². The molecule has 59 heavy (non-hydrogen) atoms. The number of hydrogen-bond donors (Lipinski definition) is 0. The number of benzene rings is 4. The van der Waals surface area contributed by atoms with Gasteiger partial charge in [-0.05, 0) is 129 Å². The fourth-order valence-corrected chi connectivity index (χ4v) is 12.2. The van der Waals surface area contributed by atoms with Crippen molar-refractivity contribution in [3.8, 4) is 0 Å². The van der Waals surface area contributed by atoms with Crippen LogP contribution in [0, 0.1) is 6.92 Å². The van der Waals surface area contributed by atoms with Gasteiger partial charge in [0.15, 0.2) is 0 Å². The van der Waals surface area contributed by atoms with E-state index in [1.807, 2.05) is 0 Å². The van der Waals surface area contributed by atoms with Crippen LogP contribution in [0.3, 0.4) is 0 Å².